The Morgan fingerprint density at radius 3 is 2.35 bits per heavy atom. The summed E-state index contributed by atoms with van der Waals surface area (Å²) in [5.74, 6) is -3.23. The third kappa shape index (κ3) is 4.05. The molecular weight excluding hydrogens is 305 g/mol. The number of benzene rings is 2. The number of hydrogen-bond donors (Lipinski definition) is 0. The third-order valence-electron chi connectivity index (χ3n) is 3.97. The maximum atomic E-state index is 13.4. The van der Waals surface area contributed by atoms with E-state index < -0.39 is 17.5 Å². The maximum Gasteiger partial charge on any atom is 0.168 e. The molecule has 0 N–H and O–H groups in total. The molecule has 1 fully saturated rings. The van der Waals surface area contributed by atoms with E-state index in [2.05, 4.69) is 0 Å². The molecule has 0 heterocycles. The zero-order chi connectivity index (χ0) is 16.2. The first kappa shape index (κ1) is 15.9. The molecule has 122 valence electrons. The summed E-state index contributed by atoms with van der Waals surface area (Å²) in [5.41, 5.74) is 1.12. The Hall–Kier alpha value is -2.01. The average molecular weight is 322 g/mol. The standard InChI is InChI=1S/C18H17F3O2/c19-15-8-17(21)18(9-16(15)20)23-11-13-6-14(7-13)22-10-12-4-2-1-3-5-12/h1-5,8-9,13-14H,6-7,10-11H2/t13-,14+. The van der Waals surface area contributed by atoms with Crippen LogP contribution in [0.1, 0.15) is 18.4 Å². The van der Waals surface area contributed by atoms with Gasteiger partial charge in [-0.15, -0.1) is 0 Å². The molecule has 2 nitrogen and oxygen atoms in total. The lowest BCUT2D eigenvalue weighted by atomic mass is 9.83. The molecule has 23 heavy (non-hydrogen) atoms. The molecule has 1 saturated carbocycles. The Bertz CT molecular complexity index is 655. The molecule has 2 aromatic carbocycles. The minimum Gasteiger partial charge on any atom is -0.490 e. The smallest absolute Gasteiger partial charge is 0.168 e. The molecular formula is C18H17F3O2. The van der Waals surface area contributed by atoms with Gasteiger partial charge >= 0.3 is 0 Å². The highest BCUT2D eigenvalue weighted by Crippen LogP contribution is 2.32. The molecule has 0 amide bonds. The van der Waals surface area contributed by atoms with Crippen molar-refractivity contribution in [2.45, 2.75) is 25.6 Å². The summed E-state index contributed by atoms with van der Waals surface area (Å²) in [6.07, 6.45) is 1.80. The molecule has 0 unspecified atom stereocenters. The van der Waals surface area contributed by atoms with Crippen molar-refractivity contribution in [3.63, 3.8) is 0 Å². The summed E-state index contributed by atoms with van der Waals surface area (Å²) >= 11 is 0. The predicted octanol–water partition coefficient (Wildman–Crippen LogP) is 4.48. The van der Waals surface area contributed by atoms with Crippen LogP contribution in [0.3, 0.4) is 0 Å². The molecule has 1 aliphatic rings. The van der Waals surface area contributed by atoms with Crippen molar-refractivity contribution in [2.75, 3.05) is 6.61 Å². The van der Waals surface area contributed by atoms with Crippen LogP contribution in [0.5, 0.6) is 5.75 Å². The number of halogens is 3. The minimum absolute atomic E-state index is 0.165. The van der Waals surface area contributed by atoms with Crippen molar-refractivity contribution < 1.29 is 22.6 Å². The van der Waals surface area contributed by atoms with E-state index in [4.69, 9.17) is 9.47 Å². The molecule has 0 atom stereocenters. The van der Waals surface area contributed by atoms with Gasteiger partial charge in [0.25, 0.3) is 0 Å². The normalized spacial score (nSPS) is 20.1. The lowest BCUT2D eigenvalue weighted by Crippen LogP contribution is -2.34. The summed E-state index contributed by atoms with van der Waals surface area (Å²) in [6, 6.07) is 11.1. The highest BCUT2D eigenvalue weighted by molar-refractivity contribution is 5.26. The second-order valence-electron chi connectivity index (χ2n) is 5.76. The zero-order valence-electron chi connectivity index (χ0n) is 12.5. The van der Waals surface area contributed by atoms with Crippen molar-refractivity contribution in [1.29, 1.82) is 0 Å². The number of ether oxygens (including phenoxy) is 2. The lowest BCUT2D eigenvalue weighted by Gasteiger charge is -2.34. The van der Waals surface area contributed by atoms with Crippen LogP contribution in [0.15, 0.2) is 42.5 Å². The second-order valence-corrected chi connectivity index (χ2v) is 5.76. The fourth-order valence-corrected chi connectivity index (χ4v) is 2.56. The van der Waals surface area contributed by atoms with Crippen molar-refractivity contribution in [3.05, 3.63) is 65.5 Å². The second kappa shape index (κ2) is 7.04. The Morgan fingerprint density at radius 1 is 0.913 bits per heavy atom. The summed E-state index contributed by atoms with van der Waals surface area (Å²) in [6.45, 7) is 0.837. The highest BCUT2D eigenvalue weighted by atomic mass is 19.2. The van der Waals surface area contributed by atoms with Gasteiger partial charge in [-0.3, -0.25) is 0 Å². The van der Waals surface area contributed by atoms with E-state index >= 15 is 0 Å². The topological polar surface area (TPSA) is 18.5 Å². The van der Waals surface area contributed by atoms with Crippen LogP contribution in [0, 0.1) is 23.4 Å². The third-order valence-corrected chi connectivity index (χ3v) is 3.97. The fraction of sp³-hybridized carbons (Fsp3) is 0.333. The van der Waals surface area contributed by atoms with E-state index in [1.165, 1.54) is 0 Å². The molecule has 0 aliphatic heterocycles. The first-order valence-electron chi connectivity index (χ1n) is 7.54. The quantitative estimate of drug-likeness (QED) is 0.730. The maximum absolute atomic E-state index is 13.4. The van der Waals surface area contributed by atoms with Crippen LogP contribution >= 0.6 is 0 Å². The van der Waals surface area contributed by atoms with Gasteiger partial charge < -0.3 is 9.47 Å². The minimum atomic E-state index is -1.21. The van der Waals surface area contributed by atoms with Crippen LogP contribution in [-0.2, 0) is 11.3 Å². The summed E-state index contributed by atoms with van der Waals surface area (Å²) < 4.78 is 50.3. The van der Waals surface area contributed by atoms with Gasteiger partial charge in [-0.2, -0.15) is 0 Å². The molecule has 2 aromatic rings. The monoisotopic (exact) mass is 322 g/mol. The van der Waals surface area contributed by atoms with Crippen molar-refractivity contribution >= 4 is 0 Å². The summed E-state index contributed by atoms with van der Waals surface area (Å²) in [7, 11) is 0. The molecule has 5 heteroatoms. The summed E-state index contributed by atoms with van der Waals surface area (Å²) in [4.78, 5) is 0. The molecule has 0 bridgehead atoms. The van der Waals surface area contributed by atoms with Crippen molar-refractivity contribution in [1.82, 2.24) is 0 Å². The molecule has 0 aromatic heterocycles. The predicted molar refractivity (Wildman–Crippen MR) is 79.6 cm³/mol. The van der Waals surface area contributed by atoms with Crippen LogP contribution in [0.4, 0.5) is 13.2 Å². The van der Waals surface area contributed by atoms with E-state index in [0.717, 1.165) is 24.5 Å². The van der Waals surface area contributed by atoms with Crippen molar-refractivity contribution in [2.24, 2.45) is 5.92 Å². The molecule has 1 aliphatic carbocycles. The van der Waals surface area contributed by atoms with E-state index in [-0.39, 0.29) is 24.4 Å². The first-order valence-corrected chi connectivity index (χ1v) is 7.54. The lowest BCUT2D eigenvalue weighted by molar-refractivity contribution is -0.0508. The SMILES string of the molecule is Fc1cc(F)c(OC[C@H]2C[C@@H](OCc3ccccc3)C2)cc1F. The Morgan fingerprint density at radius 2 is 1.61 bits per heavy atom. The van der Waals surface area contributed by atoms with Gasteiger partial charge in [0.15, 0.2) is 23.2 Å². The molecule has 0 saturated heterocycles. The van der Waals surface area contributed by atoms with E-state index in [0.29, 0.717) is 12.7 Å². The Labute approximate surface area is 132 Å². The fourth-order valence-electron chi connectivity index (χ4n) is 2.56. The van der Waals surface area contributed by atoms with Crippen LogP contribution in [0.2, 0.25) is 0 Å². The number of rotatable bonds is 6. The van der Waals surface area contributed by atoms with E-state index in [1.54, 1.807) is 0 Å². The van der Waals surface area contributed by atoms with E-state index in [9.17, 15) is 13.2 Å². The van der Waals surface area contributed by atoms with Gasteiger partial charge in [-0.25, -0.2) is 13.2 Å². The number of hydrogen-bond acceptors (Lipinski definition) is 2. The Balaban J connectivity index is 1.40. The first-order chi connectivity index (χ1) is 11.1. The van der Waals surface area contributed by atoms with Gasteiger partial charge in [-0.1, -0.05) is 30.3 Å². The molecule has 3 rings (SSSR count). The van der Waals surface area contributed by atoms with E-state index in [1.807, 2.05) is 30.3 Å². The molecule has 0 radical (unpaired) electrons. The van der Waals surface area contributed by atoms with Gasteiger partial charge in [0.1, 0.15) is 0 Å². The highest BCUT2D eigenvalue weighted by Gasteiger charge is 2.30. The zero-order valence-corrected chi connectivity index (χ0v) is 12.5. The Kier molecular flexibility index (Phi) is 4.86. The van der Waals surface area contributed by atoms with Gasteiger partial charge in [0.2, 0.25) is 0 Å². The largest absolute Gasteiger partial charge is 0.490 e. The van der Waals surface area contributed by atoms with Gasteiger partial charge in [0, 0.05) is 12.1 Å². The molecule has 0 spiro atoms. The van der Waals surface area contributed by atoms with Gasteiger partial charge in [-0.05, 0) is 24.3 Å². The van der Waals surface area contributed by atoms with Gasteiger partial charge in [0.05, 0.1) is 19.3 Å². The van der Waals surface area contributed by atoms with Crippen LogP contribution in [0.25, 0.3) is 0 Å². The van der Waals surface area contributed by atoms with Crippen LogP contribution in [-0.4, -0.2) is 12.7 Å². The average Bonchev–Trinajstić information content (AvgIpc) is 2.51. The van der Waals surface area contributed by atoms with Crippen molar-refractivity contribution in [3.8, 4) is 5.75 Å². The van der Waals surface area contributed by atoms with Crippen LogP contribution < -0.4 is 4.74 Å². The summed E-state index contributed by atoms with van der Waals surface area (Å²) in [5, 5.41) is 0.